The lowest BCUT2D eigenvalue weighted by Crippen LogP contribution is -2.70. The van der Waals surface area contributed by atoms with Gasteiger partial charge in [0, 0.05) is 29.7 Å². The number of amides is 3. The number of fused-ring (bicyclic) bond motifs is 1. The maximum absolute atomic E-state index is 13.9. The molecule has 5 heterocycles. The van der Waals surface area contributed by atoms with Gasteiger partial charge in [0.25, 0.3) is 17.7 Å². The lowest BCUT2D eigenvalue weighted by atomic mass is 10.0. The van der Waals surface area contributed by atoms with Gasteiger partial charge < -0.3 is 41.0 Å². The maximum atomic E-state index is 13.9. The van der Waals surface area contributed by atoms with Crippen molar-refractivity contribution in [3.63, 3.8) is 0 Å². The molecule has 2 fully saturated rings. The summed E-state index contributed by atoms with van der Waals surface area (Å²) in [5.74, 6) is -5.46. The molecular formula is C30H34ClFN11O8S2+. The minimum atomic E-state index is -1.82. The number of H-pyrrole nitrogens is 1. The number of hydrogen-bond donors (Lipinski definition) is 7. The van der Waals surface area contributed by atoms with E-state index in [-0.39, 0.29) is 33.1 Å². The zero-order valence-electron chi connectivity index (χ0n) is 28.1. The van der Waals surface area contributed by atoms with Crippen LogP contribution in [0.25, 0.3) is 5.70 Å². The number of likely N-dealkylation sites (tertiary alicyclic amines) is 1. The van der Waals surface area contributed by atoms with Gasteiger partial charge in [-0.15, -0.1) is 16.9 Å². The number of aromatic hydroxyl groups is 2. The van der Waals surface area contributed by atoms with Crippen LogP contribution in [0.15, 0.2) is 22.9 Å². The molecule has 2 atom stereocenters. The average Bonchev–Trinajstić information content (AvgIpc) is 3.88. The van der Waals surface area contributed by atoms with Gasteiger partial charge >= 0.3 is 5.97 Å². The maximum Gasteiger partial charge on any atom is 0.350 e. The fourth-order valence-electron chi connectivity index (χ4n) is 6.25. The van der Waals surface area contributed by atoms with Crippen molar-refractivity contribution < 1.29 is 48.2 Å². The number of quaternary nitrogens is 1. The van der Waals surface area contributed by atoms with Crippen molar-refractivity contribution in [1.29, 1.82) is 0 Å². The Labute approximate surface area is 313 Å². The third kappa shape index (κ3) is 7.57. The molecule has 2 aromatic heterocycles. The van der Waals surface area contributed by atoms with Crippen LogP contribution in [-0.2, 0) is 19.2 Å². The first-order chi connectivity index (χ1) is 25.1. The van der Waals surface area contributed by atoms with Crippen molar-refractivity contribution in [1.82, 2.24) is 41.1 Å². The third-order valence-corrected chi connectivity index (χ3v) is 11.5. The molecule has 282 valence electrons. The molecule has 3 aliphatic heterocycles. The highest BCUT2D eigenvalue weighted by molar-refractivity contribution is 8.00. The zero-order chi connectivity index (χ0) is 38.2. The highest BCUT2D eigenvalue weighted by atomic mass is 35.5. The summed E-state index contributed by atoms with van der Waals surface area (Å²) in [5, 5.41) is 51.6. The molecule has 0 aliphatic carbocycles. The largest absolute Gasteiger partial charge is 0.504 e. The van der Waals surface area contributed by atoms with Gasteiger partial charge in [-0.2, -0.15) is 0 Å². The Bertz CT molecular complexity index is 2000. The van der Waals surface area contributed by atoms with E-state index in [1.165, 1.54) is 30.5 Å². The van der Waals surface area contributed by atoms with Crippen LogP contribution < -0.4 is 16.4 Å². The van der Waals surface area contributed by atoms with Crippen molar-refractivity contribution >= 4 is 74.9 Å². The number of rotatable bonds is 13. The third-order valence-electron chi connectivity index (χ3n) is 9.04. The summed E-state index contributed by atoms with van der Waals surface area (Å²) >= 11 is 8.54. The number of carbonyl (C=O) groups is 4. The number of halogens is 2. The summed E-state index contributed by atoms with van der Waals surface area (Å²) in [6.45, 7) is 5.23. The summed E-state index contributed by atoms with van der Waals surface area (Å²) < 4.78 is 14.5. The van der Waals surface area contributed by atoms with Crippen LogP contribution in [0.3, 0.4) is 0 Å². The Morgan fingerprint density at radius 2 is 2.00 bits per heavy atom. The molecule has 3 aromatic rings. The minimum Gasteiger partial charge on any atom is -0.504 e. The van der Waals surface area contributed by atoms with E-state index in [4.69, 9.17) is 22.2 Å². The number of phenols is 2. The summed E-state index contributed by atoms with van der Waals surface area (Å²) in [5.41, 5.74) is 4.53. The van der Waals surface area contributed by atoms with E-state index in [0.29, 0.717) is 29.0 Å². The van der Waals surface area contributed by atoms with Crippen LogP contribution in [0.4, 0.5) is 9.52 Å². The molecule has 0 saturated carbocycles. The number of carbonyl (C=O) groups excluding carboxylic acids is 3. The number of anilines is 1. The van der Waals surface area contributed by atoms with E-state index < -0.39 is 63.7 Å². The van der Waals surface area contributed by atoms with Gasteiger partial charge in [0.2, 0.25) is 5.60 Å². The number of thiazole rings is 1. The molecule has 8 N–H and O–H groups in total. The van der Waals surface area contributed by atoms with Crippen LogP contribution in [-0.4, -0.2) is 135 Å². The molecule has 19 nitrogen and oxygen atoms in total. The van der Waals surface area contributed by atoms with Crippen molar-refractivity contribution in [2.75, 3.05) is 44.2 Å². The lowest BCUT2D eigenvalue weighted by molar-refractivity contribution is -0.911. The van der Waals surface area contributed by atoms with Gasteiger partial charge in [-0.25, -0.2) is 19.3 Å². The smallest absolute Gasteiger partial charge is 0.350 e. The highest BCUT2D eigenvalue weighted by Crippen LogP contribution is 2.44. The Balaban J connectivity index is 1.20. The van der Waals surface area contributed by atoms with E-state index in [0.717, 1.165) is 55.0 Å². The number of nitrogen functional groups attached to an aromatic ring is 1. The number of aromatic nitrogens is 5. The standard InChI is InChI=1S/C30H33ClFN11O8S2/c1-30(2,28(49)50)51-39-18(17-22(31)53-29(33)36-17)25(47)35-19-26(48)42-20(23-37-40-41-38-23)14(12-52-27(19)42)11-43(6-3-4-7-43)8-5-34-24(46)13-9-15(32)21(45)16(44)10-13/h9-10,19,27H,3-8,11-12H2,1-2H3,(H7-,33,34,35,36,37,38,39,40,41,44,45,46,47,49,50)/p+1/t19-,27-/m1/s1. The topological polar surface area (TPSA) is 271 Å². The highest BCUT2D eigenvalue weighted by Gasteiger charge is 2.55. The van der Waals surface area contributed by atoms with Crippen LogP contribution in [0.2, 0.25) is 4.34 Å². The Kier molecular flexibility index (Phi) is 10.5. The van der Waals surface area contributed by atoms with Crippen molar-refractivity contribution in [3.05, 3.63) is 44.9 Å². The second-order valence-corrected chi connectivity index (χ2v) is 15.8. The molecule has 0 unspecified atom stereocenters. The molecule has 0 bridgehead atoms. The first-order valence-corrected chi connectivity index (χ1v) is 18.3. The molecule has 1 aromatic carbocycles. The van der Waals surface area contributed by atoms with Crippen molar-refractivity contribution in [3.8, 4) is 11.5 Å². The second-order valence-electron chi connectivity index (χ2n) is 13.0. The Morgan fingerprint density at radius 3 is 2.62 bits per heavy atom. The molecule has 0 spiro atoms. The number of aromatic amines is 1. The number of oxime groups is 1. The van der Waals surface area contributed by atoms with Gasteiger partial charge in [-0.05, 0) is 36.4 Å². The summed E-state index contributed by atoms with van der Waals surface area (Å²) in [7, 11) is 0. The number of nitrogens with zero attached hydrogens (tertiary/aromatic N) is 7. The molecule has 2 saturated heterocycles. The SMILES string of the molecule is CC(C)(O/N=C(\C(=O)N[C@@H]1C(=O)N2C(c3nnn[nH]3)=C(C[N+]3(CCNC(=O)c4cc(O)c(O)c(F)c4)CCCC3)CS[C@H]12)c1nc(N)sc1Cl)C(=O)O. The van der Waals surface area contributed by atoms with Gasteiger partial charge in [-0.1, -0.05) is 28.1 Å². The lowest BCUT2D eigenvalue weighted by Gasteiger charge is -2.50. The predicted molar refractivity (Wildman–Crippen MR) is 188 cm³/mol. The monoisotopic (exact) mass is 794 g/mol. The quantitative estimate of drug-likeness (QED) is 0.0416. The van der Waals surface area contributed by atoms with Gasteiger partial charge in [-0.3, -0.25) is 19.3 Å². The number of nitrogens with one attached hydrogen (secondary N) is 3. The average molecular weight is 795 g/mol. The summed E-state index contributed by atoms with van der Waals surface area (Å²) in [4.78, 5) is 62.6. The number of hydrogen-bond acceptors (Lipinski definition) is 15. The summed E-state index contributed by atoms with van der Waals surface area (Å²) in [6.07, 6.45) is 1.85. The number of nitrogens with two attached hydrogens (primary N) is 1. The molecule has 23 heteroatoms. The second kappa shape index (κ2) is 14.8. The van der Waals surface area contributed by atoms with E-state index in [9.17, 15) is 38.9 Å². The van der Waals surface area contributed by atoms with Crippen LogP contribution in [0, 0.1) is 5.82 Å². The minimum absolute atomic E-state index is 0.00139. The van der Waals surface area contributed by atoms with E-state index in [1.807, 2.05) is 0 Å². The zero-order valence-corrected chi connectivity index (χ0v) is 30.5. The molecule has 53 heavy (non-hydrogen) atoms. The van der Waals surface area contributed by atoms with Gasteiger partial charge in [0.1, 0.15) is 28.0 Å². The number of carboxylic acid groups (broad SMARTS) is 1. The number of aliphatic carboxylic acids is 1. The number of carboxylic acids is 1. The Morgan fingerprint density at radius 1 is 1.26 bits per heavy atom. The van der Waals surface area contributed by atoms with E-state index in [2.05, 4.69) is 41.4 Å². The number of thioether (sulfide) groups is 1. The fourth-order valence-corrected chi connectivity index (χ4v) is 8.52. The number of β-lactam (4-membered cyclic amide) rings is 1. The molecule has 3 aliphatic rings. The first kappa shape index (κ1) is 37.7. The molecule has 3 amide bonds. The van der Waals surface area contributed by atoms with Crippen LogP contribution in [0.5, 0.6) is 11.5 Å². The number of benzene rings is 1. The molecule has 6 rings (SSSR count). The van der Waals surface area contributed by atoms with Gasteiger partial charge in [0.05, 0.1) is 31.9 Å². The fraction of sp³-hybridized carbons (Fsp3) is 0.433. The number of tetrazole rings is 1. The molecular weight excluding hydrogens is 761 g/mol. The number of phenolic OH excluding ortho intramolecular Hbond substituents is 2. The Hall–Kier alpha value is -5.06. The van der Waals surface area contributed by atoms with Crippen molar-refractivity contribution in [2.45, 2.75) is 43.7 Å². The predicted octanol–water partition coefficient (Wildman–Crippen LogP) is 0.878. The summed E-state index contributed by atoms with van der Waals surface area (Å²) in [6, 6.07) is 0.785. The normalized spacial score (nSPS) is 19.8. The first-order valence-electron chi connectivity index (χ1n) is 16.1. The van der Waals surface area contributed by atoms with E-state index >= 15 is 0 Å². The van der Waals surface area contributed by atoms with Crippen LogP contribution in [0.1, 0.15) is 48.6 Å². The van der Waals surface area contributed by atoms with Crippen LogP contribution >= 0.6 is 34.7 Å². The van der Waals surface area contributed by atoms with Crippen molar-refractivity contribution in [2.24, 2.45) is 5.16 Å². The van der Waals surface area contributed by atoms with E-state index in [1.54, 1.807) is 0 Å². The van der Waals surface area contributed by atoms with Gasteiger partial charge in [0.15, 0.2) is 34.0 Å². The molecule has 0 radical (unpaired) electrons.